The van der Waals surface area contributed by atoms with E-state index in [2.05, 4.69) is 24.1 Å². The van der Waals surface area contributed by atoms with Crippen LogP contribution in [0.4, 0.5) is 0 Å². The second-order valence-corrected chi connectivity index (χ2v) is 6.80. The van der Waals surface area contributed by atoms with Gasteiger partial charge in [-0.05, 0) is 57.5 Å². The van der Waals surface area contributed by atoms with Crippen molar-refractivity contribution in [1.82, 2.24) is 10.2 Å². The van der Waals surface area contributed by atoms with Gasteiger partial charge in [-0.1, -0.05) is 47.0 Å². The highest BCUT2D eigenvalue weighted by Gasteiger charge is 2.33. The number of nitrogens with one attached hydrogen (secondary N) is 1. The molecule has 0 bridgehead atoms. The van der Waals surface area contributed by atoms with Crippen LogP contribution in [0, 0.1) is 5.41 Å². The van der Waals surface area contributed by atoms with E-state index in [1.54, 1.807) is 0 Å². The number of likely N-dealkylation sites (tertiary alicyclic amines) is 1. The van der Waals surface area contributed by atoms with Crippen LogP contribution in [0.25, 0.3) is 0 Å². The average Bonchev–Trinajstić information content (AvgIpc) is 2.57. The molecule has 1 N–H and O–H groups in total. The summed E-state index contributed by atoms with van der Waals surface area (Å²) in [7, 11) is 1.98. The van der Waals surface area contributed by atoms with Gasteiger partial charge in [0.05, 0.1) is 0 Å². The van der Waals surface area contributed by atoms with E-state index >= 15 is 0 Å². The largest absolute Gasteiger partial charge is 0.343 e. The van der Waals surface area contributed by atoms with E-state index in [9.17, 15) is 4.79 Å². The van der Waals surface area contributed by atoms with Crippen molar-refractivity contribution in [1.29, 1.82) is 0 Å². The van der Waals surface area contributed by atoms with Crippen LogP contribution in [0.3, 0.4) is 0 Å². The second-order valence-electron chi connectivity index (χ2n) is 6.80. The van der Waals surface area contributed by atoms with Crippen LogP contribution >= 0.6 is 0 Å². The molecule has 1 aliphatic heterocycles. The predicted molar refractivity (Wildman–Crippen MR) is 102 cm³/mol. The molecule has 0 atom stereocenters. The molecule has 0 saturated carbocycles. The van der Waals surface area contributed by atoms with Gasteiger partial charge in [-0.2, -0.15) is 0 Å². The third kappa shape index (κ3) is 8.74. The molecule has 0 aliphatic carbocycles. The molecule has 1 saturated heterocycles. The minimum absolute atomic E-state index is 0.390. The van der Waals surface area contributed by atoms with Crippen LogP contribution in [-0.4, -0.2) is 37.5 Å². The summed E-state index contributed by atoms with van der Waals surface area (Å²) in [6.07, 6.45) is 11.8. The summed E-state index contributed by atoms with van der Waals surface area (Å²) in [5, 5.41) is 3.16. The fourth-order valence-corrected chi connectivity index (χ4v) is 3.83. The zero-order chi connectivity index (χ0) is 17.6. The first-order valence-corrected chi connectivity index (χ1v) is 10.1. The van der Waals surface area contributed by atoms with Crippen molar-refractivity contribution in [2.24, 2.45) is 5.41 Å². The van der Waals surface area contributed by atoms with Crippen molar-refractivity contribution in [3.8, 4) is 0 Å². The molecule has 3 heteroatoms. The third-order valence-electron chi connectivity index (χ3n) is 5.05. The fourth-order valence-electron chi connectivity index (χ4n) is 3.83. The van der Waals surface area contributed by atoms with Gasteiger partial charge in [0.15, 0.2) is 0 Å². The molecule has 0 spiro atoms. The number of rotatable bonds is 10. The van der Waals surface area contributed by atoms with Crippen molar-refractivity contribution in [3.63, 3.8) is 0 Å². The first kappa shape index (κ1) is 22.4. The molecule has 138 valence electrons. The Morgan fingerprint density at radius 2 is 1.57 bits per heavy atom. The number of amides is 1. The first-order valence-electron chi connectivity index (χ1n) is 10.1. The quantitative estimate of drug-likeness (QED) is 0.573. The van der Waals surface area contributed by atoms with E-state index in [1.807, 2.05) is 20.9 Å². The Bertz CT molecular complexity index is 275. The summed E-state index contributed by atoms with van der Waals surface area (Å²) in [4.78, 5) is 14.4. The fraction of sp³-hybridized carbons (Fsp3) is 0.950. The van der Waals surface area contributed by atoms with E-state index in [1.165, 1.54) is 44.9 Å². The number of piperidine rings is 1. The Morgan fingerprint density at radius 1 is 1.00 bits per heavy atom. The van der Waals surface area contributed by atoms with Crippen LogP contribution < -0.4 is 5.32 Å². The SMILES string of the molecule is CC.CCCC1(CCC)CCN(C(=O)CCCCCNC)CC1. The number of unbranched alkanes of at least 4 members (excludes halogenated alkanes) is 2. The monoisotopic (exact) mass is 326 g/mol. The lowest BCUT2D eigenvalue weighted by atomic mass is 9.72. The average molecular weight is 327 g/mol. The maximum absolute atomic E-state index is 12.3. The first-order chi connectivity index (χ1) is 11.2. The molecule has 3 nitrogen and oxygen atoms in total. The molecular weight excluding hydrogens is 284 g/mol. The molecule has 0 aromatic rings. The van der Waals surface area contributed by atoms with E-state index in [0.29, 0.717) is 11.3 Å². The van der Waals surface area contributed by atoms with Crippen LogP contribution in [0.1, 0.15) is 91.9 Å². The summed E-state index contributed by atoms with van der Waals surface area (Å²) in [5.74, 6) is 0.390. The van der Waals surface area contributed by atoms with Crippen molar-refractivity contribution >= 4 is 5.91 Å². The molecule has 1 amide bonds. The molecule has 0 unspecified atom stereocenters. The maximum Gasteiger partial charge on any atom is 0.222 e. The highest BCUT2D eigenvalue weighted by Crippen LogP contribution is 2.40. The number of carbonyl (C=O) groups is 1. The van der Waals surface area contributed by atoms with Gasteiger partial charge < -0.3 is 10.2 Å². The lowest BCUT2D eigenvalue weighted by Crippen LogP contribution is -2.43. The Labute approximate surface area is 145 Å². The van der Waals surface area contributed by atoms with E-state index in [0.717, 1.165) is 38.9 Å². The lowest BCUT2D eigenvalue weighted by molar-refractivity contribution is -0.133. The van der Waals surface area contributed by atoms with Crippen LogP contribution in [0.15, 0.2) is 0 Å². The molecule has 23 heavy (non-hydrogen) atoms. The van der Waals surface area contributed by atoms with Gasteiger partial charge in [-0.15, -0.1) is 0 Å². The number of hydrogen-bond donors (Lipinski definition) is 1. The number of carbonyl (C=O) groups excluding carboxylic acids is 1. The lowest BCUT2D eigenvalue weighted by Gasteiger charge is -2.42. The smallest absolute Gasteiger partial charge is 0.222 e. The highest BCUT2D eigenvalue weighted by atomic mass is 16.2. The normalized spacial score (nSPS) is 16.7. The van der Waals surface area contributed by atoms with E-state index in [4.69, 9.17) is 0 Å². The van der Waals surface area contributed by atoms with Crippen molar-refractivity contribution in [2.75, 3.05) is 26.7 Å². The summed E-state index contributed by atoms with van der Waals surface area (Å²) >= 11 is 0. The minimum atomic E-state index is 0.390. The molecule has 1 fully saturated rings. The van der Waals surface area contributed by atoms with Gasteiger partial charge in [0.2, 0.25) is 5.91 Å². The molecule has 0 radical (unpaired) electrons. The third-order valence-corrected chi connectivity index (χ3v) is 5.05. The van der Waals surface area contributed by atoms with Crippen LogP contribution in [0.5, 0.6) is 0 Å². The molecule has 1 heterocycles. The van der Waals surface area contributed by atoms with Crippen LogP contribution in [0.2, 0.25) is 0 Å². The maximum atomic E-state index is 12.3. The Hall–Kier alpha value is -0.570. The van der Waals surface area contributed by atoms with Gasteiger partial charge in [0, 0.05) is 19.5 Å². The molecular formula is C20H42N2O. The minimum Gasteiger partial charge on any atom is -0.343 e. The summed E-state index contributed by atoms with van der Waals surface area (Å²) in [6.45, 7) is 11.6. The van der Waals surface area contributed by atoms with Crippen LogP contribution in [-0.2, 0) is 4.79 Å². The molecule has 0 aromatic heterocycles. The van der Waals surface area contributed by atoms with Gasteiger partial charge in [0.25, 0.3) is 0 Å². The zero-order valence-corrected chi connectivity index (χ0v) is 16.5. The van der Waals surface area contributed by atoms with Gasteiger partial charge in [-0.25, -0.2) is 0 Å². The molecule has 1 aliphatic rings. The van der Waals surface area contributed by atoms with E-state index in [-0.39, 0.29) is 0 Å². The Kier molecular flexibility index (Phi) is 13.5. The summed E-state index contributed by atoms with van der Waals surface area (Å²) in [5.41, 5.74) is 0.535. The van der Waals surface area contributed by atoms with Gasteiger partial charge >= 0.3 is 0 Å². The van der Waals surface area contributed by atoms with Crippen molar-refractivity contribution < 1.29 is 4.79 Å². The summed E-state index contributed by atoms with van der Waals surface area (Å²) < 4.78 is 0. The zero-order valence-electron chi connectivity index (χ0n) is 16.5. The Balaban J connectivity index is 0.00000232. The van der Waals surface area contributed by atoms with E-state index < -0.39 is 0 Å². The topological polar surface area (TPSA) is 32.3 Å². The number of nitrogens with zero attached hydrogens (tertiary/aromatic N) is 1. The standard InChI is InChI=1S/C18H36N2O.C2H6/c1-4-10-18(11-5-2)12-15-20(16-13-18)17(21)9-7-6-8-14-19-3;1-2/h19H,4-16H2,1-3H3;1-2H3. The number of hydrogen-bond acceptors (Lipinski definition) is 2. The van der Waals surface area contributed by atoms with Crippen molar-refractivity contribution in [3.05, 3.63) is 0 Å². The highest BCUT2D eigenvalue weighted by molar-refractivity contribution is 5.76. The summed E-state index contributed by atoms with van der Waals surface area (Å²) in [6, 6.07) is 0. The van der Waals surface area contributed by atoms with Gasteiger partial charge in [-0.3, -0.25) is 4.79 Å². The second kappa shape index (κ2) is 13.8. The molecule has 0 aromatic carbocycles. The van der Waals surface area contributed by atoms with Gasteiger partial charge in [0.1, 0.15) is 0 Å². The molecule has 1 rings (SSSR count). The van der Waals surface area contributed by atoms with Crippen molar-refractivity contribution in [2.45, 2.75) is 91.9 Å². The predicted octanol–water partition coefficient (Wildman–Crippen LogP) is 5.00. The Morgan fingerprint density at radius 3 is 2.04 bits per heavy atom.